The summed E-state index contributed by atoms with van der Waals surface area (Å²) < 4.78 is 44.2. The molecule has 0 spiro atoms. The lowest BCUT2D eigenvalue weighted by molar-refractivity contribution is -0.138. The van der Waals surface area contributed by atoms with E-state index in [-0.39, 0.29) is 5.69 Å². The number of imide groups is 2. The van der Waals surface area contributed by atoms with Gasteiger partial charge in [0.2, 0.25) is 5.91 Å². The van der Waals surface area contributed by atoms with Crippen molar-refractivity contribution in [3.63, 3.8) is 0 Å². The van der Waals surface area contributed by atoms with E-state index in [9.17, 15) is 27.6 Å². The van der Waals surface area contributed by atoms with Crippen LogP contribution in [0.5, 0.6) is 5.75 Å². The van der Waals surface area contributed by atoms with E-state index in [1.165, 1.54) is 6.07 Å². The minimum atomic E-state index is -4.66. The van der Waals surface area contributed by atoms with Crippen molar-refractivity contribution in [3.8, 4) is 5.75 Å². The maximum Gasteiger partial charge on any atom is 0.416 e. The van der Waals surface area contributed by atoms with Crippen molar-refractivity contribution < 1.29 is 32.3 Å². The first-order chi connectivity index (χ1) is 14.2. The topological polar surface area (TPSA) is 88.1 Å². The Morgan fingerprint density at radius 1 is 1.13 bits per heavy atom. The van der Waals surface area contributed by atoms with Gasteiger partial charge in [0.25, 0.3) is 5.91 Å². The molecule has 30 heavy (non-hydrogen) atoms. The maximum atomic E-state index is 13.0. The third-order valence-electron chi connectivity index (χ3n) is 4.15. The molecular formula is C20H16F3N3O4. The summed E-state index contributed by atoms with van der Waals surface area (Å²) in [4.78, 5) is 41.5. The number of benzene rings is 2. The van der Waals surface area contributed by atoms with Crippen LogP contribution < -0.4 is 15.0 Å². The van der Waals surface area contributed by atoms with E-state index >= 15 is 0 Å². The quantitative estimate of drug-likeness (QED) is 0.591. The Morgan fingerprint density at radius 2 is 1.83 bits per heavy atom. The summed E-state index contributed by atoms with van der Waals surface area (Å²) in [7, 11) is 0. The normalized spacial score (nSPS) is 17.4. The van der Waals surface area contributed by atoms with Gasteiger partial charge in [0.15, 0.2) is 5.92 Å². The number of nitrogens with one attached hydrogen (secondary N) is 1. The van der Waals surface area contributed by atoms with Crippen LogP contribution in [-0.2, 0) is 15.8 Å². The van der Waals surface area contributed by atoms with Crippen LogP contribution in [-0.4, -0.2) is 30.7 Å². The van der Waals surface area contributed by atoms with Gasteiger partial charge in [-0.05, 0) is 49.4 Å². The van der Waals surface area contributed by atoms with Gasteiger partial charge in [-0.2, -0.15) is 13.2 Å². The first-order valence-electron chi connectivity index (χ1n) is 8.84. The number of aliphatic imine (C=N–C) groups is 1. The molecule has 2 aromatic rings. The minimum absolute atomic E-state index is 0.306. The van der Waals surface area contributed by atoms with Gasteiger partial charge in [-0.3, -0.25) is 19.9 Å². The molecule has 0 aromatic heterocycles. The number of ether oxygens (including phenoxy) is 1. The predicted octanol–water partition coefficient (Wildman–Crippen LogP) is 3.71. The van der Waals surface area contributed by atoms with Crippen molar-refractivity contribution in [2.75, 3.05) is 11.5 Å². The largest absolute Gasteiger partial charge is 0.494 e. The Bertz CT molecular complexity index is 1000. The molecule has 1 aliphatic heterocycles. The molecule has 7 nitrogen and oxygen atoms in total. The predicted molar refractivity (Wildman–Crippen MR) is 102 cm³/mol. The van der Waals surface area contributed by atoms with Crippen LogP contribution in [0, 0.1) is 5.92 Å². The molecule has 4 amide bonds. The Morgan fingerprint density at radius 3 is 2.47 bits per heavy atom. The molecule has 0 saturated carbocycles. The fourth-order valence-electron chi connectivity index (χ4n) is 2.74. The van der Waals surface area contributed by atoms with Gasteiger partial charge in [0.1, 0.15) is 5.75 Å². The fourth-order valence-corrected chi connectivity index (χ4v) is 2.74. The minimum Gasteiger partial charge on any atom is -0.494 e. The Kier molecular flexibility index (Phi) is 5.86. The van der Waals surface area contributed by atoms with Gasteiger partial charge in [-0.1, -0.05) is 6.07 Å². The summed E-state index contributed by atoms with van der Waals surface area (Å²) in [6.07, 6.45) is -3.62. The summed E-state index contributed by atoms with van der Waals surface area (Å²) >= 11 is 0. The highest BCUT2D eigenvalue weighted by Crippen LogP contribution is 2.32. The summed E-state index contributed by atoms with van der Waals surface area (Å²) in [5.74, 6) is -2.78. The number of carbonyl (C=O) groups is 3. The van der Waals surface area contributed by atoms with Gasteiger partial charge in [-0.25, -0.2) is 9.69 Å². The van der Waals surface area contributed by atoms with E-state index in [4.69, 9.17) is 4.74 Å². The van der Waals surface area contributed by atoms with Crippen LogP contribution in [0.15, 0.2) is 53.5 Å². The van der Waals surface area contributed by atoms with Crippen LogP contribution in [0.4, 0.5) is 29.3 Å². The SMILES string of the molecule is CCOc1ccc(N=C[C@@H]2C(=O)NC(=O)N(c3cccc(C(F)(F)F)c3)C2=O)cc1. The molecule has 1 atom stereocenters. The second-order valence-electron chi connectivity index (χ2n) is 6.20. The zero-order valence-electron chi connectivity index (χ0n) is 15.6. The lowest BCUT2D eigenvalue weighted by Gasteiger charge is -2.28. The van der Waals surface area contributed by atoms with E-state index in [2.05, 4.69) is 4.99 Å². The third kappa shape index (κ3) is 4.48. The van der Waals surface area contributed by atoms with Crippen molar-refractivity contribution in [2.24, 2.45) is 10.9 Å². The lowest BCUT2D eigenvalue weighted by Crippen LogP contribution is -2.58. The molecule has 0 radical (unpaired) electrons. The van der Waals surface area contributed by atoms with Crippen LogP contribution >= 0.6 is 0 Å². The molecule has 0 bridgehead atoms. The third-order valence-corrected chi connectivity index (χ3v) is 4.15. The smallest absolute Gasteiger partial charge is 0.416 e. The number of hydrogen-bond acceptors (Lipinski definition) is 5. The first-order valence-corrected chi connectivity index (χ1v) is 8.84. The van der Waals surface area contributed by atoms with Gasteiger partial charge in [0.05, 0.1) is 23.5 Å². The van der Waals surface area contributed by atoms with Crippen molar-refractivity contribution in [1.29, 1.82) is 0 Å². The Hall–Kier alpha value is -3.69. The number of amides is 4. The number of halogens is 3. The average Bonchev–Trinajstić information content (AvgIpc) is 2.68. The monoisotopic (exact) mass is 419 g/mol. The van der Waals surface area contributed by atoms with E-state index in [1.807, 2.05) is 12.2 Å². The highest BCUT2D eigenvalue weighted by atomic mass is 19.4. The molecule has 0 aliphatic carbocycles. The number of alkyl halides is 3. The van der Waals surface area contributed by atoms with Gasteiger partial charge < -0.3 is 4.74 Å². The van der Waals surface area contributed by atoms with Crippen molar-refractivity contribution in [2.45, 2.75) is 13.1 Å². The number of rotatable bonds is 5. The molecule has 3 rings (SSSR count). The summed E-state index contributed by atoms with van der Waals surface area (Å²) in [6.45, 7) is 2.32. The van der Waals surface area contributed by atoms with E-state index < -0.39 is 35.5 Å². The number of barbiturate groups is 1. The zero-order valence-corrected chi connectivity index (χ0v) is 15.6. The van der Waals surface area contributed by atoms with Crippen LogP contribution in [0.2, 0.25) is 0 Å². The molecule has 1 fully saturated rings. The van der Waals surface area contributed by atoms with Crippen molar-refractivity contribution in [1.82, 2.24) is 5.32 Å². The van der Waals surface area contributed by atoms with E-state index in [0.717, 1.165) is 18.3 Å². The highest BCUT2D eigenvalue weighted by molar-refractivity contribution is 6.32. The van der Waals surface area contributed by atoms with E-state index in [1.54, 1.807) is 24.3 Å². The Balaban J connectivity index is 1.86. The fraction of sp³-hybridized carbons (Fsp3) is 0.200. The molecular weight excluding hydrogens is 403 g/mol. The molecule has 10 heteroatoms. The number of urea groups is 1. The molecule has 156 valence electrons. The number of nitrogens with zero attached hydrogens (tertiary/aromatic N) is 2. The van der Waals surface area contributed by atoms with Crippen LogP contribution in [0.25, 0.3) is 0 Å². The summed E-state index contributed by atoms with van der Waals surface area (Å²) in [5.41, 5.74) is -0.919. The number of hydrogen-bond donors (Lipinski definition) is 1. The highest BCUT2D eigenvalue weighted by Gasteiger charge is 2.41. The van der Waals surface area contributed by atoms with E-state index in [0.29, 0.717) is 29.0 Å². The average molecular weight is 419 g/mol. The van der Waals surface area contributed by atoms with Gasteiger partial charge in [-0.15, -0.1) is 0 Å². The maximum absolute atomic E-state index is 13.0. The lowest BCUT2D eigenvalue weighted by atomic mass is 10.1. The summed E-state index contributed by atoms with van der Waals surface area (Å²) in [5, 5.41) is 1.96. The van der Waals surface area contributed by atoms with Crippen molar-refractivity contribution in [3.05, 3.63) is 54.1 Å². The standard InChI is InChI=1S/C20H16F3N3O4/c1-2-30-15-8-6-13(7-9-15)24-11-16-17(27)25-19(29)26(18(16)28)14-5-3-4-12(10-14)20(21,22)23/h3-11,16H,2H2,1H3,(H,25,27,29)/t16-/m1/s1. The summed E-state index contributed by atoms with van der Waals surface area (Å²) in [6, 6.07) is 9.08. The molecule has 0 unspecified atom stereocenters. The molecule has 1 heterocycles. The van der Waals surface area contributed by atoms with Gasteiger partial charge >= 0.3 is 12.2 Å². The number of anilines is 1. The van der Waals surface area contributed by atoms with Crippen LogP contribution in [0.1, 0.15) is 12.5 Å². The molecule has 1 N–H and O–H groups in total. The Labute approximate surface area is 169 Å². The second-order valence-corrected chi connectivity index (χ2v) is 6.20. The zero-order chi connectivity index (χ0) is 21.9. The first kappa shape index (κ1) is 21.0. The molecule has 2 aromatic carbocycles. The second kappa shape index (κ2) is 8.36. The van der Waals surface area contributed by atoms with Crippen LogP contribution in [0.3, 0.4) is 0 Å². The van der Waals surface area contributed by atoms with Gasteiger partial charge in [0, 0.05) is 6.21 Å². The molecule has 1 aliphatic rings. The number of carbonyl (C=O) groups excluding carboxylic acids is 3. The van der Waals surface area contributed by atoms with Crippen molar-refractivity contribution >= 4 is 35.4 Å². The molecule has 1 saturated heterocycles.